The van der Waals surface area contributed by atoms with Gasteiger partial charge in [-0.15, -0.1) is 0 Å². The minimum Gasteiger partial charge on any atom is -0.390 e. The van der Waals surface area contributed by atoms with Gasteiger partial charge in [0.15, 0.2) is 0 Å². The zero-order valence-corrected chi connectivity index (χ0v) is 10.7. The molecule has 98 valence electrons. The summed E-state index contributed by atoms with van der Waals surface area (Å²) in [5.41, 5.74) is 0. The Balaban J connectivity index is 1.59. The van der Waals surface area contributed by atoms with Gasteiger partial charge in [0, 0.05) is 0 Å². The lowest BCUT2D eigenvalue weighted by atomic mass is 9.76. The van der Waals surface area contributed by atoms with Gasteiger partial charge in [-0.05, 0) is 55.8 Å². The van der Waals surface area contributed by atoms with E-state index < -0.39 is 12.2 Å². The van der Waals surface area contributed by atoms with Gasteiger partial charge < -0.3 is 10.2 Å². The van der Waals surface area contributed by atoms with Crippen LogP contribution in [0.3, 0.4) is 0 Å². The molecule has 5 atom stereocenters. The smallest absolute Gasteiger partial charge is 0.0832 e. The highest BCUT2D eigenvalue weighted by Crippen LogP contribution is 2.50. The van der Waals surface area contributed by atoms with Crippen LogP contribution in [0.4, 0.5) is 0 Å². The molecule has 17 heavy (non-hydrogen) atoms. The average molecular weight is 238 g/mol. The lowest BCUT2D eigenvalue weighted by molar-refractivity contribution is -0.0665. The van der Waals surface area contributed by atoms with Crippen molar-refractivity contribution in [3.63, 3.8) is 0 Å². The van der Waals surface area contributed by atoms with E-state index in [1.807, 2.05) is 0 Å². The third kappa shape index (κ3) is 2.26. The molecule has 0 aromatic rings. The lowest BCUT2D eigenvalue weighted by Gasteiger charge is -2.35. The van der Waals surface area contributed by atoms with Crippen LogP contribution in [-0.4, -0.2) is 22.4 Å². The molecule has 0 aromatic heterocycles. The van der Waals surface area contributed by atoms with Crippen LogP contribution in [0.1, 0.15) is 57.8 Å². The summed E-state index contributed by atoms with van der Waals surface area (Å²) in [6.45, 7) is 0. The maximum atomic E-state index is 10.4. The Morgan fingerprint density at radius 1 is 0.765 bits per heavy atom. The van der Waals surface area contributed by atoms with Crippen molar-refractivity contribution in [2.75, 3.05) is 0 Å². The van der Waals surface area contributed by atoms with Gasteiger partial charge in [0.1, 0.15) is 0 Å². The van der Waals surface area contributed by atoms with Crippen molar-refractivity contribution in [2.45, 2.75) is 70.0 Å². The molecule has 0 spiro atoms. The van der Waals surface area contributed by atoms with Crippen LogP contribution in [0, 0.1) is 23.7 Å². The maximum absolute atomic E-state index is 10.4. The number of hydrogen-bond donors (Lipinski definition) is 2. The quantitative estimate of drug-likeness (QED) is 0.793. The maximum Gasteiger partial charge on any atom is 0.0832 e. The molecule has 2 bridgehead atoms. The van der Waals surface area contributed by atoms with Gasteiger partial charge in [0.2, 0.25) is 0 Å². The van der Waals surface area contributed by atoms with Crippen molar-refractivity contribution in [2.24, 2.45) is 23.7 Å². The van der Waals surface area contributed by atoms with Crippen LogP contribution < -0.4 is 0 Å². The number of rotatable bonds is 3. The zero-order valence-electron chi connectivity index (χ0n) is 10.7. The monoisotopic (exact) mass is 238 g/mol. The van der Waals surface area contributed by atoms with E-state index in [-0.39, 0.29) is 0 Å². The molecule has 3 aliphatic rings. The van der Waals surface area contributed by atoms with Crippen LogP contribution in [0.25, 0.3) is 0 Å². The molecule has 0 saturated heterocycles. The molecule has 2 heteroatoms. The molecule has 0 heterocycles. The molecule has 0 aliphatic heterocycles. The number of hydrogen-bond acceptors (Lipinski definition) is 2. The van der Waals surface area contributed by atoms with Gasteiger partial charge in [-0.1, -0.05) is 25.7 Å². The van der Waals surface area contributed by atoms with E-state index in [1.165, 1.54) is 44.9 Å². The molecule has 3 rings (SSSR count). The predicted octanol–water partition coefficient (Wildman–Crippen LogP) is 2.72. The molecule has 0 aromatic carbocycles. The topological polar surface area (TPSA) is 40.5 Å². The van der Waals surface area contributed by atoms with Crippen molar-refractivity contribution in [3.8, 4) is 0 Å². The highest BCUT2D eigenvalue weighted by Gasteiger charge is 2.45. The number of aliphatic hydroxyl groups is 2. The van der Waals surface area contributed by atoms with Gasteiger partial charge in [-0.25, -0.2) is 0 Å². The Morgan fingerprint density at radius 2 is 1.53 bits per heavy atom. The van der Waals surface area contributed by atoms with E-state index >= 15 is 0 Å². The van der Waals surface area contributed by atoms with Gasteiger partial charge >= 0.3 is 0 Å². The number of aliphatic hydroxyl groups excluding tert-OH is 2. The van der Waals surface area contributed by atoms with Gasteiger partial charge in [0.05, 0.1) is 12.2 Å². The first-order chi connectivity index (χ1) is 8.25. The van der Waals surface area contributed by atoms with Crippen LogP contribution in [-0.2, 0) is 0 Å². The van der Waals surface area contributed by atoms with Crippen LogP contribution in [0.15, 0.2) is 0 Å². The molecular formula is C15H26O2. The second-order valence-electron chi connectivity index (χ2n) is 6.72. The van der Waals surface area contributed by atoms with Crippen molar-refractivity contribution in [3.05, 3.63) is 0 Å². The Labute approximate surface area is 104 Å². The Morgan fingerprint density at radius 3 is 2.12 bits per heavy atom. The summed E-state index contributed by atoms with van der Waals surface area (Å²) in [5.74, 6) is 2.36. The molecular weight excluding hydrogens is 212 g/mol. The average Bonchev–Trinajstić information content (AvgIpc) is 3.00. The lowest BCUT2D eigenvalue weighted by Crippen LogP contribution is -2.41. The fraction of sp³-hybridized carbons (Fsp3) is 1.00. The Kier molecular flexibility index (Phi) is 3.45. The summed E-state index contributed by atoms with van der Waals surface area (Å²) < 4.78 is 0. The normalized spacial score (nSPS) is 41.6. The minimum absolute atomic E-state index is 0.373. The van der Waals surface area contributed by atoms with E-state index in [2.05, 4.69) is 0 Å². The second kappa shape index (κ2) is 4.89. The fourth-order valence-electron chi connectivity index (χ4n) is 4.72. The summed E-state index contributed by atoms with van der Waals surface area (Å²) >= 11 is 0. The Hall–Kier alpha value is -0.0800. The van der Waals surface area contributed by atoms with Gasteiger partial charge in [-0.2, -0.15) is 0 Å². The van der Waals surface area contributed by atoms with Crippen LogP contribution in [0.2, 0.25) is 0 Å². The number of fused-ring (bicyclic) bond motifs is 2. The summed E-state index contributed by atoms with van der Waals surface area (Å²) in [4.78, 5) is 0. The standard InChI is InChI=1S/C15H26O2/c16-14(11-4-2-1-3-5-11)15(17)13-9-10-6-7-12(13)8-10/h10-17H,1-9H2. The molecule has 3 fully saturated rings. The summed E-state index contributed by atoms with van der Waals surface area (Å²) in [5, 5.41) is 20.8. The van der Waals surface area contributed by atoms with E-state index in [4.69, 9.17) is 0 Å². The van der Waals surface area contributed by atoms with E-state index in [0.29, 0.717) is 17.8 Å². The van der Waals surface area contributed by atoms with Crippen molar-refractivity contribution in [1.82, 2.24) is 0 Å². The third-order valence-electron chi connectivity index (χ3n) is 5.71. The highest BCUT2D eigenvalue weighted by molar-refractivity contribution is 4.96. The first-order valence-corrected chi connectivity index (χ1v) is 7.62. The van der Waals surface area contributed by atoms with Gasteiger partial charge in [0.25, 0.3) is 0 Å². The first-order valence-electron chi connectivity index (χ1n) is 7.62. The van der Waals surface area contributed by atoms with Crippen LogP contribution in [0.5, 0.6) is 0 Å². The van der Waals surface area contributed by atoms with Crippen molar-refractivity contribution in [1.29, 1.82) is 0 Å². The molecule has 2 N–H and O–H groups in total. The summed E-state index contributed by atoms with van der Waals surface area (Å²) in [6, 6.07) is 0. The van der Waals surface area contributed by atoms with E-state index in [0.717, 1.165) is 18.8 Å². The van der Waals surface area contributed by atoms with Gasteiger partial charge in [-0.3, -0.25) is 0 Å². The zero-order chi connectivity index (χ0) is 11.8. The van der Waals surface area contributed by atoms with E-state index in [1.54, 1.807) is 0 Å². The van der Waals surface area contributed by atoms with Crippen molar-refractivity contribution >= 4 is 0 Å². The van der Waals surface area contributed by atoms with E-state index in [9.17, 15) is 10.2 Å². The fourth-order valence-corrected chi connectivity index (χ4v) is 4.72. The largest absolute Gasteiger partial charge is 0.390 e. The minimum atomic E-state index is -0.445. The first kappa shape index (κ1) is 12.0. The van der Waals surface area contributed by atoms with Crippen molar-refractivity contribution < 1.29 is 10.2 Å². The second-order valence-corrected chi connectivity index (χ2v) is 6.72. The molecule has 3 aliphatic carbocycles. The highest BCUT2D eigenvalue weighted by atomic mass is 16.3. The summed E-state index contributed by atoms with van der Waals surface area (Å²) in [6.07, 6.45) is 10.3. The van der Waals surface area contributed by atoms with Crippen LogP contribution >= 0.6 is 0 Å². The third-order valence-corrected chi connectivity index (χ3v) is 5.71. The molecule has 3 saturated carbocycles. The SMILES string of the molecule is OC(C1CCCCC1)C(O)C1CC2CCC1C2. The molecule has 5 unspecified atom stereocenters. The molecule has 0 radical (unpaired) electrons. The Bertz CT molecular complexity index is 260. The predicted molar refractivity (Wildman–Crippen MR) is 67.5 cm³/mol. The molecule has 0 amide bonds. The summed E-state index contributed by atoms with van der Waals surface area (Å²) in [7, 11) is 0. The molecule has 2 nitrogen and oxygen atoms in total.